The maximum Gasteiger partial charge on any atom is 0.164 e. The highest BCUT2D eigenvalue weighted by Crippen LogP contribution is 2.45. The monoisotopic (exact) mass is 737 g/mol. The molecule has 0 unspecified atom stereocenters. The Morgan fingerprint density at radius 1 is 0.293 bits per heavy atom. The Hall–Kier alpha value is -7.89. The minimum Gasteiger partial charge on any atom is -0.307 e. The van der Waals surface area contributed by atoms with Gasteiger partial charge in [-0.25, -0.2) is 15.0 Å². The normalized spacial score (nSPS) is 12.1. The molecular weight excluding hydrogens is 707 g/mol. The maximum atomic E-state index is 5.25. The molecule has 0 aliphatic rings. The van der Waals surface area contributed by atoms with Crippen molar-refractivity contribution >= 4 is 87.0 Å². The van der Waals surface area contributed by atoms with Crippen molar-refractivity contribution in [2.75, 3.05) is 0 Å². The molecule has 0 amide bonds. The summed E-state index contributed by atoms with van der Waals surface area (Å²) < 4.78 is 5.04. The Balaban J connectivity index is 1.29. The van der Waals surface area contributed by atoms with Crippen LogP contribution in [0.3, 0.4) is 0 Å². The second kappa shape index (κ2) is 11.8. The Labute approximate surface area is 331 Å². The van der Waals surface area contributed by atoms with Crippen molar-refractivity contribution in [3.05, 3.63) is 188 Å². The average Bonchev–Trinajstić information content (AvgIpc) is 3.82. The molecular formula is C53H31N5. The van der Waals surface area contributed by atoms with E-state index in [9.17, 15) is 0 Å². The van der Waals surface area contributed by atoms with Gasteiger partial charge in [0.25, 0.3) is 0 Å². The third-order valence-corrected chi connectivity index (χ3v) is 12.0. The number of hydrogen-bond acceptors (Lipinski definition) is 3. The van der Waals surface area contributed by atoms with Crippen molar-refractivity contribution in [1.29, 1.82) is 0 Å². The number of rotatable bonds is 3. The first-order valence-corrected chi connectivity index (χ1v) is 19.7. The second-order valence-corrected chi connectivity index (χ2v) is 15.2. The van der Waals surface area contributed by atoms with Gasteiger partial charge < -0.3 is 8.80 Å². The van der Waals surface area contributed by atoms with Gasteiger partial charge in [-0.15, -0.1) is 0 Å². The van der Waals surface area contributed by atoms with Crippen molar-refractivity contribution < 1.29 is 0 Å². The maximum absolute atomic E-state index is 5.25. The summed E-state index contributed by atoms with van der Waals surface area (Å²) >= 11 is 0. The van der Waals surface area contributed by atoms with Gasteiger partial charge in [-0.05, 0) is 51.9 Å². The summed E-state index contributed by atoms with van der Waals surface area (Å²) in [4.78, 5) is 15.5. The molecule has 0 atom stereocenters. The van der Waals surface area contributed by atoms with E-state index in [1.165, 1.54) is 59.6 Å². The predicted octanol–water partition coefficient (Wildman–Crippen LogP) is 13.5. The highest BCUT2D eigenvalue weighted by Gasteiger charge is 2.23. The van der Waals surface area contributed by atoms with Gasteiger partial charge in [0.15, 0.2) is 17.5 Å². The van der Waals surface area contributed by atoms with Gasteiger partial charge in [0.05, 0.1) is 33.1 Å². The lowest BCUT2D eigenvalue weighted by Crippen LogP contribution is -2.00. The molecule has 13 aromatic rings. The van der Waals surface area contributed by atoms with E-state index in [0.717, 1.165) is 44.0 Å². The first-order chi connectivity index (χ1) is 28.8. The molecule has 268 valence electrons. The molecule has 0 spiro atoms. The molecule has 0 bridgehead atoms. The van der Waals surface area contributed by atoms with Crippen LogP contribution in [0.4, 0.5) is 0 Å². The third-order valence-electron chi connectivity index (χ3n) is 12.0. The second-order valence-electron chi connectivity index (χ2n) is 15.2. The fraction of sp³-hybridized carbons (Fsp3) is 0. The summed E-state index contributed by atoms with van der Waals surface area (Å²) in [5, 5.41) is 12.0. The van der Waals surface area contributed by atoms with Gasteiger partial charge >= 0.3 is 0 Å². The molecule has 13 rings (SSSR count). The molecule has 4 heterocycles. The number of hydrogen-bond donors (Lipinski definition) is 0. The van der Waals surface area contributed by atoms with Crippen LogP contribution in [-0.2, 0) is 0 Å². The summed E-state index contributed by atoms with van der Waals surface area (Å²) in [5.41, 5.74) is 9.80. The van der Waals surface area contributed by atoms with E-state index in [1.54, 1.807) is 0 Å². The Morgan fingerprint density at radius 3 is 1.59 bits per heavy atom. The van der Waals surface area contributed by atoms with Gasteiger partial charge in [-0.1, -0.05) is 158 Å². The van der Waals surface area contributed by atoms with Crippen molar-refractivity contribution in [2.24, 2.45) is 0 Å². The first kappa shape index (κ1) is 31.3. The average molecular weight is 738 g/mol. The zero-order valence-corrected chi connectivity index (χ0v) is 31.1. The van der Waals surface area contributed by atoms with E-state index < -0.39 is 0 Å². The molecule has 0 radical (unpaired) electrons. The van der Waals surface area contributed by atoms with Gasteiger partial charge in [0, 0.05) is 49.0 Å². The molecule has 0 N–H and O–H groups in total. The van der Waals surface area contributed by atoms with E-state index in [1.807, 2.05) is 36.4 Å². The summed E-state index contributed by atoms with van der Waals surface area (Å²) in [6.07, 6.45) is 0. The summed E-state index contributed by atoms with van der Waals surface area (Å²) in [5.74, 6) is 1.93. The lowest BCUT2D eigenvalue weighted by atomic mass is 10.0. The minimum absolute atomic E-state index is 0.641. The molecule has 5 nitrogen and oxygen atoms in total. The molecule has 4 aromatic heterocycles. The van der Waals surface area contributed by atoms with Crippen LogP contribution in [0.25, 0.3) is 121 Å². The molecule has 0 fully saturated rings. The van der Waals surface area contributed by atoms with Crippen LogP contribution in [-0.4, -0.2) is 23.8 Å². The molecule has 0 saturated carbocycles. The van der Waals surface area contributed by atoms with Crippen LogP contribution in [0.15, 0.2) is 188 Å². The zero-order valence-electron chi connectivity index (χ0n) is 31.1. The number of fused-ring (bicyclic) bond motifs is 13. The standard InChI is InChI=1S/C53H31N5/c1-3-15-32(16-4-1)51-54-52(33-17-5-2-6-18-33)56-53(55-51)41-26-14-28-44-47(41)40-25-13-24-38-42-29-34-19-7-8-20-35(34)30-45(42)57-43-27-12-11-23-39(43)48-37-22-10-9-21-36(37)31-46(50(48)57)58(44)49(38)40/h1-31H. The first-order valence-electron chi connectivity index (χ1n) is 19.7. The fourth-order valence-electron chi connectivity index (χ4n) is 9.57. The number of aromatic nitrogens is 5. The SMILES string of the molecule is c1ccc(-c2nc(-c3ccccc3)nc(-c3cccc4c3c3cccc5c6cc7ccccc7cc6n6c7ccccc7c7c8ccccc8cc(c76)n4c53)n2)cc1. The van der Waals surface area contributed by atoms with Crippen LogP contribution >= 0.6 is 0 Å². The van der Waals surface area contributed by atoms with E-state index in [4.69, 9.17) is 15.0 Å². The quantitative estimate of drug-likeness (QED) is 0.181. The zero-order chi connectivity index (χ0) is 37.9. The number of para-hydroxylation sites is 2. The Bertz CT molecular complexity index is 3790. The van der Waals surface area contributed by atoms with Crippen LogP contribution in [0.2, 0.25) is 0 Å². The topological polar surface area (TPSA) is 47.5 Å². The summed E-state index contributed by atoms with van der Waals surface area (Å²) in [6.45, 7) is 0. The highest BCUT2D eigenvalue weighted by atomic mass is 15.0. The third kappa shape index (κ3) is 4.33. The lowest BCUT2D eigenvalue weighted by Gasteiger charge is -2.13. The predicted molar refractivity (Wildman–Crippen MR) is 241 cm³/mol. The van der Waals surface area contributed by atoms with Crippen molar-refractivity contribution in [1.82, 2.24) is 23.8 Å². The summed E-state index contributed by atoms with van der Waals surface area (Å²) in [6, 6.07) is 67.4. The van der Waals surface area contributed by atoms with Crippen molar-refractivity contribution in [3.63, 3.8) is 0 Å². The fourth-order valence-corrected chi connectivity index (χ4v) is 9.57. The lowest BCUT2D eigenvalue weighted by molar-refractivity contribution is 1.08. The molecule has 9 aromatic carbocycles. The van der Waals surface area contributed by atoms with E-state index in [2.05, 4.69) is 160 Å². The molecule has 0 aliphatic carbocycles. The van der Waals surface area contributed by atoms with Crippen LogP contribution in [0.5, 0.6) is 0 Å². The molecule has 0 aliphatic heterocycles. The van der Waals surface area contributed by atoms with E-state index in [-0.39, 0.29) is 0 Å². The Kier molecular flexibility index (Phi) is 6.38. The highest BCUT2D eigenvalue weighted by molar-refractivity contribution is 6.30. The van der Waals surface area contributed by atoms with E-state index in [0.29, 0.717) is 17.5 Å². The van der Waals surface area contributed by atoms with Gasteiger partial charge in [0.1, 0.15) is 0 Å². The van der Waals surface area contributed by atoms with Crippen molar-refractivity contribution in [2.45, 2.75) is 0 Å². The van der Waals surface area contributed by atoms with Crippen molar-refractivity contribution in [3.8, 4) is 34.2 Å². The van der Waals surface area contributed by atoms with E-state index >= 15 is 0 Å². The van der Waals surface area contributed by atoms with Gasteiger partial charge in [-0.2, -0.15) is 0 Å². The van der Waals surface area contributed by atoms with Crippen LogP contribution in [0.1, 0.15) is 0 Å². The number of nitrogens with zero attached hydrogens (tertiary/aromatic N) is 5. The molecule has 0 saturated heterocycles. The largest absolute Gasteiger partial charge is 0.307 e. The smallest absolute Gasteiger partial charge is 0.164 e. The summed E-state index contributed by atoms with van der Waals surface area (Å²) in [7, 11) is 0. The molecule has 5 heteroatoms. The molecule has 58 heavy (non-hydrogen) atoms. The Morgan fingerprint density at radius 2 is 0.828 bits per heavy atom. The van der Waals surface area contributed by atoms with Crippen LogP contribution in [0, 0.1) is 0 Å². The van der Waals surface area contributed by atoms with Crippen LogP contribution < -0.4 is 0 Å². The van der Waals surface area contributed by atoms with Gasteiger partial charge in [-0.3, -0.25) is 0 Å². The van der Waals surface area contributed by atoms with Gasteiger partial charge in [0.2, 0.25) is 0 Å². The minimum atomic E-state index is 0.641. The number of benzene rings is 9.